The molecule has 2 aromatic carbocycles. The highest BCUT2D eigenvalue weighted by Gasteiger charge is 2.12. The van der Waals surface area contributed by atoms with E-state index >= 15 is 0 Å². The SMILES string of the molecule is Fc1cccc(CNc2nc(Cl)nc3cccc(-c4ccccc4)c23)n1. The summed E-state index contributed by atoms with van der Waals surface area (Å²) in [6.45, 7) is 0.323. The van der Waals surface area contributed by atoms with Gasteiger partial charge in [-0.2, -0.15) is 4.39 Å². The van der Waals surface area contributed by atoms with Gasteiger partial charge in [0.05, 0.1) is 23.1 Å². The molecule has 1 N–H and O–H groups in total. The van der Waals surface area contributed by atoms with E-state index < -0.39 is 5.95 Å². The van der Waals surface area contributed by atoms with Gasteiger partial charge < -0.3 is 5.32 Å². The second kappa shape index (κ2) is 7.06. The number of hydrogen-bond acceptors (Lipinski definition) is 4. The molecule has 0 amide bonds. The van der Waals surface area contributed by atoms with E-state index in [-0.39, 0.29) is 5.28 Å². The Morgan fingerprint density at radius 1 is 0.846 bits per heavy atom. The van der Waals surface area contributed by atoms with Crippen LogP contribution >= 0.6 is 11.6 Å². The summed E-state index contributed by atoms with van der Waals surface area (Å²) in [5.74, 6) is 0.0744. The first-order chi connectivity index (χ1) is 12.7. The molecule has 2 heterocycles. The van der Waals surface area contributed by atoms with Gasteiger partial charge in [0.25, 0.3) is 0 Å². The first-order valence-corrected chi connectivity index (χ1v) is 8.45. The highest BCUT2D eigenvalue weighted by atomic mass is 35.5. The third kappa shape index (κ3) is 3.34. The number of aromatic nitrogens is 3. The summed E-state index contributed by atoms with van der Waals surface area (Å²) in [5, 5.41) is 4.23. The summed E-state index contributed by atoms with van der Waals surface area (Å²) in [7, 11) is 0. The Morgan fingerprint density at radius 3 is 2.46 bits per heavy atom. The Balaban J connectivity index is 1.80. The predicted molar refractivity (Wildman–Crippen MR) is 102 cm³/mol. The van der Waals surface area contributed by atoms with Crippen molar-refractivity contribution in [3.05, 3.63) is 83.7 Å². The summed E-state index contributed by atoms with van der Waals surface area (Å²) in [6, 6.07) is 20.5. The van der Waals surface area contributed by atoms with Crippen LogP contribution in [-0.4, -0.2) is 15.0 Å². The molecule has 0 spiro atoms. The molecule has 0 bridgehead atoms. The van der Waals surface area contributed by atoms with Crippen molar-refractivity contribution in [2.24, 2.45) is 0 Å². The maximum absolute atomic E-state index is 13.3. The van der Waals surface area contributed by atoms with E-state index in [0.717, 1.165) is 22.0 Å². The molecule has 128 valence electrons. The Bertz CT molecular complexity index is 1070. The zero-order valence-corrected chi connectivity index (χ0v) is 14.4. The number of rotatable bonds is 4. The minimum atomic E-state index is -0.514. The van der Waals surface area contributed by atoms with Gasteiger partial charge in [-0.1, -0.05) is 48.5 Å². The highest BCUT2D eigenvalue weighted by Crippen LogP contribution is 2.33. The lowest BCUT2D eigenvalue weighted by Gasteiger charge is -2.13. The Labute approximate surface area is 154 Å². The van der Waals surface area contributed by atoms with Gasteiger partial charge in [0.1, 0.15) is 5.82 Å². The van der Waals surface area contributed by atoms with Crippen molar-refractivity contribution in [3.8, 4) is 11.1 Å². The van der Waals surface area contributed by atoms with Crippen molar-refractivity contribution in [2.75, 3.05) is 5.32 Å². The monoisotopic (exact) mass is 364 g/mol. The Morgan fingerprint density at radius 2 is 1.65 bits per heavy atom. The van der Waals surface area contributed by atoms with Crippen LogP contribution in [-0.2, 0) is 6.54 Å². The van der Waals surface area contributed by atoms with Gasteiger partial charge in [0.15, 0.2) is 0 Å². The van der Waals surface area contributed by atoms with Gasteiger partial charge in [-0.3, -0.25) is 0 Å². The molecule has 0 atom stereocenters. The fraction of sp³-hybridized carbons (Fsp3) is 0.0500. The molecular formula is C20H14ClFN4. The molecule has 0 aliphatic rings. The van der Waals surface area contributed by atoms with E-state index in [1.165, 1.54) is 6.07 Å². The fourth-order valence-electron chi connectivity index (χ4n) is 2.86. The quantitative estimate of drug-likeness (QED) is 0.404. The Hall–Kier alpha value is -3.05. The van der Waals surface area contributed by atoms with Crippen LogP contribution in [0, 0.1) is 5.95 Å². The number of hydrogen-bond donors (Lipinski definition) is 1. The normalized spacial score (nSPS) is 10.8. The number of anilines is 1. The van der Waals surface area contributed by atoms with Gasteiger partial charge in [-0.05, 0) is 40.9 Å². The average molecular weight is 365 g/mol. The largest absolute Gasteiger partial charge is 0.364 e. The maximum Gasteiger partial charge on any atom is 0.224 e. The highest BCUT2D eigenvalue weighted by molar-refractivity contribution is 6.29. The number of halogens is 2. The summed E-state index contributed by atoms with van der Waals surface area (Å²) in [5.41, 5.74) is 3.36. The van der Waals surface area contributed by atoms with Crippen molar-refractivity contribution < 1.29 is 4.39 Å². The van der Waals surface area contributed by atoms with Crippen molar-refractivity contribution in [3.63, 3.8) is 0 Å². The van der Waals surface area contributed by atoms with Gasteiger partial charge in [-0.25, -0.2) is 15.0 Å². The van der Waals surface area contributed by atoms with Crippen LogP contribution < -0.4 is 5.32 Å². The lowest BCUT2D eigenvalue weighted by atomic mass is 10.0. The van der Waals surface area contributed by atoms with Crippen LogP contribution in [0.25, 0.3) is 22.0 Å². The van der Waals surface area contributed by atoms with Crippen LogP contribution in [0.3, 0.4) is 0 Å². The molecule has 0 fully saturated rings. The molecule has 0 unspecified atom stereocenters. The molecule has 26 heavy (non-hydrogen) atoms. The van der Waals surface area contributed by atoms with Crippen molar-refractivity contribution >= 4 is 28.3 Å². The zero-order chi connectivity index (χ0) is 17.9. The van der Waals surface area contributed by atoms with E-state index in [0.29, 0.717) is 18.1 Å². The van der Waals surface area contributed by atoms with Crippen molar-refractivity contribution in [1.82, 2.24) is 15.0 Å². The average Bonchev–Trinajstić information content (AvgIpc) is 2.66. The number of pyridine rings is 1. The molecular weight excluding hydrogens is 351 g/mol. The smallest absolute Gasteiger partial charge is 0.224 e. The number of benzene rings is 2. The van der Waals surface area contributed by atoms with Crippen molar-refractivity contribution in [2.45, 2.75) is 6.54 Å². The fourth-order valence-corrected chi connectivity index (χ4v) is 3.04. The number of fused-ring (bicyclic) bond motifs is 1. The number of nitrogens with one attached hydrogen (secondary N) is 1. The van der Waals surface area contributed by atoms with Crippen LogP contribution in [0.15, 0.2) is 66.7 Å². The summed E-state index contributed by atoms with van der Waals surface area (Å²) >= 11 is 6.09. The number of nitrogens with zero attached hydrogens (tertiary/aromatic N) is 3. The molecule has 0 aliphatic heterocycles. The minimum Gasteiger partial charge on any atom is -0.364 e. The van der Waals surface area contributed by atoms with Gasteiger partial charge in [0, 0.05) is 0 Å². The molecule has 0 saturated heterocycles. The van der Waals surface area contributed by atoms with Gasteiger partial charge >= 0.3 is 0 Å². The second-order valence-corrected chi connectivity index (χ2v) is 6.05. The van der Waals surface area contributed by atoms with Crippen LogP contribution in [0.4, 0.5) is 10.2 Å². The van der Waals surface area contributed by atoms with Crippen molar-refractivity contribution in [1.29, 1.82) is 0 Å². The first kappa shape index (κ1) is 16.4. The van der Waals surface area contributed by atoms with Crippen LogP contribution in [0.2, 0.25) is 5.28 Å². The van der Waals surface area contributed by atoms with E-state index in [9.17, 15) is 4.39 Å². The van der Waals surface area contributed by atoms with Gasteiger partial charge in [0.2, 0.25) is 11.2 Å². The molecule has 2 aromatic heterocycles. The van der Waals surface area contributed by atoms with E-state index in [2.05, 4.69) is 20.3 Å². The molecule has 4 rings (SSSR count). The molecule has 4 nitrogen and oxygen atoms in total. The predicted octanol–water partition coefficient (Wildman–Crippen LogP) is 5.10. The third-order valence-electron chi connectivity index (χ3n) is 3.99. The second-order valence-electron chi connectivity index (χ2n) is 5.71. The minimum absolute atomic E-state index is 0.150. The van der Waals surface area contributed by atoms with Crippen LogP contribution in [0.1, 0.15) is 5.69 Å². The van der Waals surface area contributed by atoms with E-state index in [1.807, 2.05) is 48.5 Å². The standard InChI is InChI=1S/C20H14ClFN4/c21-20-25-16-10-5-9-15(13-6-2-1-3-7-13)18(16)19(26-20)23-12-14-8-4-11-17(22)24-14/h1-11H,12H2,(H,23,25,26). The lowest BCUT2D eigenvalue weighted by Crippen LogP contribution is -2.06. The van der Waals surface area contributed by atoms with E-state index in [1.54, 1.807) is 12.1 Å². The zero-order valence-electron chi connectivity index (χ0n) is 13.7. The lowest BCUT2D eigenvalue weighted by molar-refractivity contribution is 0.578. The van der Waals surface area contributed by atoms with Gasteiger partial charge in [-0.15, -0.1) is 0 Å². The molecule has 4 aromatic rings. The maximum atomic E-state index is 13.3. The molecule has 0 radical (unpaired) electrons. The molecule has 0 aliphatic carbocycles. The first-order valence-electron chi connectivity index (χ1n) is 8.08. The van der Waals surface area contributed by atoms with Crippen LogP contribution in [0.5, 0.6) is 0 Å². The summed E-state index contributed by atoms with van der Waals surface area (Å²) in [4.78, 5) is 12.5. The van der Waals surface area contributed by atoms with E-state index in [4.69, 9.17) is 11.6 Å². The summed E-state index contributed by atoms with van der Waals surface area (Å²) < 4.78 is 13.3. The topological polar surface area (TPSA) is 50.7 Å². The molecule has 0 saturated carbocycles. The molecule has 6 heteroatoms. The third-order valence-corrected chi connectivity index (χ3v) is 4.16. The Kier molecular flexibility index (Phi) is 4.46. The summed E-state index contributed by atoms with van der Waals surface area (Å²) in [6.07, 6.45) is 0.